The summed E-state index contributed by atoms with van der Waals surface area (Å²) >= 11 is 0. The third kappa shape index (κ3) is 3.04. The van der Waals surface area contributed by atoms with Crippen LogP contribution < -0.4 is 0 Å². The molecule has 0 aliphatic carbocycles. The molecule has 0 amide bonds. The smallest absolute Gasteiger partial charge is 0.179 e. The van der Waals surface area contributed by atoms with Crippen LogP contribution in [0, 0.1) is 11.3 Å². The van der Waals surface area contributed by atoms with Gasteiger partial charge < -0.3 is 14.6 Å². The van der Waals surface area contributed by atoms with Crippen LogP contribution in [0.2, 0.25) is 0 Å². The third-order valence-corrected chi connectivity index (χ3v) is 2.77. The highest BCUT2D eigenvalue weighted by atomic mass is 16.6. The van der Waals surface area contributed by atoms with Crippen molar-refractivity contribution in [2.45, 2.75) is 24.7 Å². The molecule has 1 aliphatic rings. The quantitative estimate of drug-likeness (QED) is 0.850. The second kappa shape index (κ2) is 5.28. The molecular formula is C13H15NO3. The number of benzene rings is 1. The fraction of sp³-hybridized carbons (Fsp3) is 0.462. The predicted octanol–water partition coefficient (Wildman–Crippen LogP) is 1.25. The van der Waals surface area contributed by atoms with Gasteiger partial charge in [0.1, 0.15) is 6.07 Å². The molecule has 0 bridgehead atoms. The number of hydrogen-bond acceptors (Lipinski definition) is 4. The molecular weight excluding hydrogens is 218 g/mol. The molecule has 4 heteroatoms. The topological polar surface area (TPSA) is 62.5 Å². The Bertz CT molecular complexity index is 401. The molecule has 1 N–H and O–H groups in total. The second-order valence-corrected chi connectivity index (χ2v) is 4.25. The van der Waals surface area contributed by atoms with E-state index in [2.05, 4.69) is 6.07 Å². The third-order valence-electron chi connectivity index (χ3n) is 2.77. The van der Waals surface area contributed by atoms with Gasteiger partial charge in [-0.2, -0.15) is 5.26 Å². The van der Waals surface area contributed by atoms with Crippen molar-refractivity contribution in [1.29, 1.82) is 5.26 Å². The Balaban J connectivity index is 1.84. The minimum atomic E-state index is -0.978. The first-order valence-corrected chi connectivity index (χ1v) is 5.59. The minimum Gasteiger partial charge on any atom is -0.391 e. The molecule has 1 aromatic carbocycles. The zero-order chi connectivity index (χ0) is 12.1. The molecule has 2 unspecified atom stereocenters. The molecule has 1 aromatic rings. The van der Waals surface area contributed by atoms with Crippen molar-refractivity contribution < 1.29 is 14.6 Å². The van der Waals surface area contributed by atoms with Crippen molar-refractivity contribution in [3.63, 3.8) is 0 Å². The van der Waals surface area contributed by atoms with Crippen molar-refractivity contribution in [1.82, 2.24) is 0 Å². The van der Waals surface area contributed by atoms with Gasteiger partial charge >= 0.3 is 0 Å². The lowest BCUT2D eigenvalue weighted by molar-refractivity contribution is -0.0333. The molecule has 0 aromatic heterocycles. The van der Waals surface area contributed by atoms with Crippen molar-refractivity contribution in [3.8, 4) is 6.07 Å². The molecule has 1 heterocycles. The van der Waals surface area contributed by atoms with Crippen LogP contribution in [-0.2, 0) is 16.1 Å². The summed E-state index contributed by atoms with van der Waals surface area (Å²) in [6.45, 7) is 0.849. The highest BCUT2D eigenvalue weighted by Gasteiger charge is 2.40. The lowest BCUT2D eigenvalue weighted by Crippen LogP contribution is -2.32. The summed E-state index contributed by atoms with van der Waals surface area (Å²) in [5.41, 5.74) is 0.0768. The number of hydrogen-bond donors (Lipinski definition) is 1. The van der Waals surface area contributed by atoms with Gasteiger partial charge in [-0.05, 0) is 5.56 Å². The number of rotatable bonds is 4. The zero-order valence-corrected chi connectivity index (χ0v) is 9.50. The molecule has 2 rings (SSSR count). The SMILES string of the molecule is N#CC1(COCc2ccccc2)CC(O)CO1. The zero-order valence-electron chi connectivity index (χ0n) is 9.50. The number of aliphatic hydroxyl groups is 1. The largest absolute Gasteiger partial charge is 0.391 e. The molecule has 2 atom stereocenters. The summed E-state index contributed by atoms with van der Waals surface area (Å²) in [4.78, 5) is 0. The first kappa shape index (κ1) is 12.1. The molecule has 0 saturated carbocycles. The maximum Gasteiger partial charge on any atom is 0.179 e. The monoisotopic (exact) mass is 233 g/mol. The molecule has 90 valence electrons. The maximum absolute atomic E-state index is 9.38. The van der Waals surface area contributed by atoms with E-state index in [0.29, 0.717) is 13.0 Å². The van der Waals surface area contributed by atoms with Crippen LogP contribution in [-0.4, -0.2) is 30.0 Å². The van der Waals surface area contributed by atoms with Crippen molar-refractivity contribution in [2.24, 2.45) is 0 Å². The molecule has 0 radical (unpaired) electrons. The van der Waals surface area contributed by atoms with Crippen LogP contribution in [0.3, 0.4) is 0 Å². The van der Waals surface area contributed by atoms with Crippen LogP contribution in [0.5, 0.6) is 0 Å². The molecule has 1 saturated heterocycles. The van der Waals surface area contributed by atoms with E-state index in [9.17, 15) is 5.11 Å². The van der Waals surface area contributed by atoms with Crippen LogP contribution in [0.25, 0.3) is 0 Å². The lowest BCUT2D eigenvalue weighted by atomic mass is 10.0. The summed E-state index contributed by atoms with van der Waals surface area (Å²) in [7, 11) is 0. The van der Waals surface area contributed by atoms with Gasteiger partial charge in [0.2, 0.25) is 0 Å². The normalized spacial score (nSPS) is 27.9. The van der Waals surface area contributed by atoms with Crippen molar-refractivity contribution >= 4 is 0 Å². The Labute approximate surface area is 100 Å². The van der Waals surface area contributed by atoms with E-state index >= 15 is 0 Å². The summed E-state index contributed by atoms with van der Waals surface area (Å²) in [6.07, 6.45) is -0.242. The van der Waals surface area contributed by atoms with E-state index in [-0.39, 0.29) is 13.2 Å². The van der Waals surface area contributed by atoms with Crippen LogP contribution in [0.4, 0.5) is 0 Å². The maximum atomic E-state index is 9.38. The fourth-order valence-corrected chi connectivity index (χ4v) is 1.87. The van der Waals surface area contributed by atoms with Gasteiger partial charge in [0.05, 0.1) is 25.9 Å². The van der Waals surface area contributed by atoms with Crippen molar-refractivity contribution in [2.75, 3.05) is 13.2 Å². The summed E-state index contributed by atoms with van der Waals surface area (Å²) in [5, 5.41) is 18.4. The average Bonchev–Trinajstić information content (AvgIpc) is 2.73. The first-order valence-electron chi connectivity index (χ1n) is 5.59. The van der Waals surface area contributed by atoms with Gasteiger partial charge in [-0.1, -0.05) is 30.3 Å². The van der Waals surface area contributed by atoms with Gasteiger partial charge in [-0.3, -0.25) is 0 Å². The minimum absolute atomic E-state index is 0.190. The average molecular weight is 233 g/mol. The number of nitriles is 1. The molecule has 1 fully saturated rings. The molecule has 17 heavy (non-hydrogen) atoms. The van der Waals surface area contributed by atoms with Gasteiger partial charge in [-0.25, -0.2) is 0 Å². The Kier molecular flexibility index (Phi) is 3.75. The van der Waals surface area contributed by atoms with E-state index in [0.717, 1.165) is 5.56 Å². The van der Waals surface area contributed by atoms with Gasteiger partial charge in [0.15, 0.2) is 5.60 Å². The highest BCUT2D eigenvalue weighted by Crippen LogP contribution is 2.25. The van der Waals surface area contributed by atoms with E-state index < -0.39 is 11.7 Å². The molecule has 1 aliphatic heterocycles. The summed E-state index contributed by atoms with van der Waals surface area (Å²) in [6, 6.07) is 11.8. The predicted molar refractivity (Wildman–Crippen MR) is 61.0 cm³/mol. The van der Waals surface area contributed by atoms with Crippen LogP contribution in [0.1, 0.15) is 12.0 Å². The number of nitrogens with zero attached hydrogens (tertiary/aromatic N) is 1. The molecule has 0 spiro atoms. The van der Waals surface area contributed by atoms with E-state index in [1.54, 1.807) is 0 Å². The number of ether oxygens (including phenoxy) is 2. The van der Waals surface area contributed by atoms with E-state index in [4.69, 9.17) is 14.7 Å². The first-order chi connectivity index (χ1) is 8.24. The Morgan fingerprint density at radius 3 is 2.82 bits per heavy atom. The van der Waals surface area contributed by atoms with Crippen molar-refractivity contribution in [3.05, 3.63) is 35.9 Å². The lowest BCUT2D eigenvalue weighted by Gasteiger charge is -2.19. The van der Waals surface area contributed by atoms with E-state index in [1.807, 2.05) is 30.3 Å². The van der Waals surface area contributed by atoms with E-state index in [1.165, 1.54) is 0 Å². The Hall–Kier alpha value is -1.41. The van der Waals surface area contributed by atoms with Gasteiger partial charge in [-0.15, -0.1) is 0 Å². The highest BCUT2D eigenvalue weighted by molar-refractivity contribution is 5.13. The molecule has 4 nitrogen and oxygen atoms in total. The standard InChI is InChI=1S/C13H15NO3/c14-9-13(6-12(15)8-17-13)10-16-7-11-4-2-1-3-5-11/h1-5,12,15H,6-8,10H2. The fourth-order valence-electron chi connectivity index (χ4n) is 1.87. The number of aliphatic hydroxyl groups excluding tert-OH is 1. The Morgan fingerprint density at radius 2 is 2.24 bits per heavy atom. The summed E-state index contributed by atoms with van der Waals surface area (Å²) in [5.74, 6) is 0. The van der Waals surface area contributed by atoms with Crippen LogP contribution in [0.15, 0.2) is 30.3 Å². The van der Waals surface area contributed by atoms with Gasteiger partial charge in [0, 0.05) is 6.42 Å². The van der Waals surface area contributed by atoms with Crippen LogP contribution >= 0.6 is 0 Å². The second-order valence-electron chi connectivity index (χ2n) is 4.25. The summed E-state index contributed by atoms with van der Waals surface area (Å²) < 4.78 is 10.8. The Morgan fingerprint density at radius 1 is 1.47 bits per heavy atom. The van der Waals surface area contributed by atoms with Gasteiger partial charge in [0.25, 0.3) is 0 Å².